The lowest BCUT2D eigenvalue weighted by atomic mass is 10.1. The molecule has 32 heavy (non-hydrogen) atoms. The van der Waals surface area contributed by atoms with Crippen LogP contribution in [0, 0.1) is 0 Å². The Balaban J connectivity index is 1.95. The number of likely N-dealkylation sites (N-methyl/N-ethyl adjacent to an activating group) is 1. The maximum absolute atomic E-state index is 12.2. The Hall–Kier alpha value is -0.910. The molecule has 0 bridgehead atoms. The summed E-state index contributed by atoms with van der Waals surface area (Å²) < 4.78 is 11.7. The summed E-state index contributed by atoms with van der Waals surface area (Å²) in [6, 6.07) is 0. The van der Waals surface area contributed by atoms with Crippen molar-refractivity contribution in [3.8, 4) is 0 Å². The molecule has 1 rings (SSSR count). The van der Waals surface area contributed by atoms with Crippen LogP contribution in [0.4, 0.5) is 0 Å². The first-order chi connectivity index (χ1) is 15.5. The minimum absolute atomic E-state index is 0.0153. The molecule has 1 aliphatic rings. The highest BCUT2D eigenvalue weighted by Gasteiger charge is 2.18. The number of nitrogens with zero attached hydrogens (tertiary/aromatic N) is 2. The number of rotatable bonds is 20. The highest BCUT2D eigenvalue weighted by Crippen LogP contribution is 2.14. The summed E-state index contributed by atoms with van der Waals surface area (Å²) in [7, 11) is 3.92. The van der Waals surface area contributed by atoms with E-state index < -0.39 is 0 Å². The zero-order valence-electron chi connectivity index (χ0n) is 21.5. The van der Waals surface area contributed by atoms with Crippen molar-refractivity contribution in [2.45, 2.75) is 122 Å². The number of quaternary nitrogens is 1. The van der Waals surface area contributed by atoms with Gasteiger partial charge >= 0.3 is 0 Å². The van der Waals surface area contributed by atoms with Crippen LogP contribution < -0.4 is 5.11 Å². The number of unbranched alkanes of at least 4 members (excludes halogenated alkanes) is 11. The van der Waals surface area contributed by atoms with Crippen LogP contribution >= 0.6 is 0 Å². The van der Waals surface area contributed by atoms with Crippen LogP contribution in [0.1, 0.15) is 116 Å². The van der Waals surface area contributed by atoms with Gasteiger partial charge in [-0.25, -0.2) is 4.59 Å². The molecule has 0 N–H and O–H groups in total. The van der Waals surface area contributed by atoms with Gasteiger partial charge in [0, 0.05) is 12.5 Å². The third-order valence-corrected chi connectivity index (χ3v) is 6.11. The molecule has 1 heterocycles. The first-order valence-electron chi connectivity index (χ1n) is 13.5. The van der Waals surface area contributed by atoms with Crippen molar-refractivity contribution in [1.82, 2.24) is 0 Å². The van der Waals surface area contributed by atoms with E-state index in [0.717, 1.165) is 32.3 Å². The highest BCUT2D eigenvalue weighted by atomic mass is 16.7. The third-order valence-electron chi connectivity index (χ3n) is 6.11. The van der Waals surface area contributed by atoms with Crippen LogP contribution in [0.5, 0.6) is 0 Å². The SMILES string of the molecule is CCCCCCCC/C=C\CCCCCCC/C([O-])=N/[N+](C)(C)CCOC1CCCCO1. The normalized spacial score (nSPS) is 18.0. The minimum atomic E-state index is -0.0738. The highest BCUT2D eigenvalue weighted by molar-refractivity contribution is 5.70. The van der Waals surface area contributed by atoms with Gasteiger partial charge in [-0.05, 0) is 57.8 Å². The van der Waals surface area contributed by atoms with Gasteiger partial charge in [-0.2, -0.15) is 0 Å². The second-order valence-electron chi connectivity index (χ2n) is 9.84. The van der Waals surface area contributed by atoms with Crippen molar-refractivity contribution < 1.29 is 19.2 Å². The van der Waals surface area contributed by atoms with Gasteiger partial charge in [-0.3, -0.25) is 0 Å². The number of allylic oxidation sites excluding steroid dienone is 2. The first kappa shape index (κ1) is 29.1. The lowest BCUT2D eigenvalue weighted by Crippen LogP contribution is -2.40. The molecular weight excluding hydrogens is 400 g/mol. The van der Waals surface area contributed by atoms with Gasteiger partial charge in [0.1, 0.15) is 13.2 Å². The van der Waals surface area contributed by atoms with Crippen molar-refractivity contribution >= 4 is 5.90 Å². The number of ether oxygens (including phenoxy) is 2. The second kappa shape index (κ2) is 19.5. The lowest BCUT2D eigenvalue weighted by Gasteiger charge is -2.27. The molecular formula is C27H52N2O3. The van der Waals surface area contributed by atoms with E-state index in [1.54, 1.807) is 0 Å². The topological polar surface area (TPSA) is 53.9 Å². The summed E-state index contributed by atoms with van der Waals surface area (Å²) in [5.74, 6) is 0.0153. The summed E-state index contributed by atoms with van der Waals surface area (Å²) in [5, 5.41) is 16.6. The van der Waals surface area contributed by atoms with Crippen molar-refractivity contribution in [2.75, 3.05) is 33.9 Å². The Kier molecular flexibility index (Phi) is 17.8. The molecule has 0 aromatic carbocycles. The molecule has 1 fully saturated rings. The molecule has 1 atom stereocenters. The molecule has 0 spiro atoms. The van der Waals surface area contributed by atoms with Crippen molar-refractivity contribution in [3.05, 3.63) is 12.2 Å². The molecule has 0 radical (unpaired) electrons. The molecule has 5 nitrogen and oxygen atoms in total. The molecule has 0 aromatic heterocycles. The zero-order valence-corrected chi connectivity index (χ0v) is 21.5. The fraction of sp³-hybridized carbons (Fsp3) is 0.889. The monoisotopic (exact) mass is 452 g/mol. The van der Waals surface area contributed by atoms with Crippen LogP contribution in [0.3, 0.4) is 0 Å². The van der Waals surface area contributed by atoms with E-state index in [0.29, 0.717) is 24.2 Å². The third kappa shape index (κ3) is 17.6. The zero-order chi connectivity index (χ0) is 23.3. The fourth-order valence-electron chi connectivity index (χ4n) is 4.00. The average molecular weight is 453 g/mol. The second-order valence-corrected chi connectivity index (χ2v) is 9.84. The van der Waals surface area contributed by atoms with Gasteiger partial charge in [0.05, 0.1) is 14.1 Å². The molecule has 0 saturated carbocycles. The maximum atomic E-state index is 12.2. The quantitative estimate of drug-likeness (QED) is 0.0542. The van der Waals surface area contributed by atoms with E-state index in [4.69, 9.17) is 9.47 Å². The van der Waals surface area contributed by atoms with E-state index in [-0.39, 0.29) is 12.2 Å². The van der Waals surface area contributed by atoms with Crippen molar-refractivity contribution in [3.63, 3.8) is 0 Å². The predicted molar refractivity (Wildman–Crippen MR) is 133 cm³/mol. The number of hydrogen-bond donors (Lipinski definition) is 0. The van der Waals surface area contributed by atoms with Gasteiger partial charge < -0.3 is 14.6 Å². The van der Waals surface area contributed by atoms with Crippen molar-refractivity contribution in [1.29, 1.82) is 0 Å². The number of hydrogen-bond acceptors (Lipinski definition) is 4. The Morgan fingerprint density at radius 3 is 2.19 bits per heavy atom. The van der Waals surface area contributed by atoms with Crippen molar-refractivity contribution in [2.24, 2.45) is 5.10 Å². The summed E-state index contributed by atoms with van der Waals surface area (Å²) in [6.45, 7) is 4.33. The smallest absolute Gasteiger partial charge is 0.157 e. The summed E-state index contributed by atoms with van der Waals surface area (Å²) in [4.78, 5) is 0. The van der Waals surface area contributed by atoms with E-state index >= 15 is 0 Å². The summed E-state index contributed by atoms with van der Waals surface area (Å²) in [5.41, 5.74) is 0. The molecule has 1 saturated heterocycles. The lowest BCUT2D eigenvalue weighted by molar-refractivity contribution is -0.898. The van der Waals surface area contributed by atoms with Crippen LogP contribution in [-0.4, -0.2) is 50.6 Å². The Labute approximate surface area is 198 Å². The van der Waals surface area contributed by atoms with E-state index in [1.165, 1.54) is 77.0 Å². The van der Waals surface area contributed by atoms with Crippen LogP contribution in [0.2, 0.25) is 0 Å². The van der Waals surface area contributed by atoms with Crippen LogP contribution in [0.15, 0.2) is 17.3 Å². The van der Waals surface area contributed by atoms with E-state index in [1.807, 2.05) is 14.1 Å². The first-order valence-corrected chi connectivity index (χ1v) is 13.5. The molecule has 188 valence electrons. The molecule has 1 unspecified atom stereocenters. The standard InChI is InChI=1S/C27H52N2O3/c1-4-5-6-7-8-9-10-11-12-13-14-15-16-17-18-21-26(30)28-29(2,3)23-25-32-27-22-19-20-24-31-27/h11-12,27H,4-10,13-25H2,1-3H3/b12-11-. The average Bonchev–Trinajstić information content (AvgIpc) is 2.76. The van der Waals surface area contributed by atoms with Gasteiger partial charge in [-0.1, -0.05) is 70.4 Å². The van der Waals surface area contributed by atoms with Gasteiger partial charge in [0.15, 0.2) is 6.29 Å². The van der Waals surface area contributed by atoms with Gasteiger partial charge in [0.2, 0.25) is 0 Å². The Morgan fingerprint density at radius 1 is 0.938 bits per heavy atom. The van der Waals surface area contributed by atoms with Crippen LogP contribution in [-0.2, 0) is 9.47 Å². The summed E-state index contributed by atoms with van der Waals surface area (Å²) in [6.07, 6.45) is 25.0. The van der Waals surface area contributed by atoms with Gasteiger partial charge in [0.25, 0.3) is 0 Å². The maximum Gasteiger partial charge on any atom is 0.157 e. The fourth-order valence-corrected chi connectivity index (χ4v) is 4.00. The summed E-state index contributed by atoms with van der Waals surface area (Å²) >= 11 is 0. The van der Waals surface area contributed by atoms with Crippen LogP contribution in [0.25, 0.3) is 0 Å². The minimum Gasteiger partial charge on any atom is -0.858 e. The molecule has 0 aliphatic carbocycles. The largest absolute Gasteiger partial charge is 0.858 e. The van der Waals surface area contributed by atoms with Gasteiger partial charge in [-0.15, -0.1) is 5.10 Å². The molecule has 0 aromatic rings. The van der Waals surface area contributed by atoms with E-state index in [2.05, 4.69) is 24.2 Å². The molecule has 5 heteroatoms. The molecule has 1 aliphatic heterocycles. The Bertz CT molecular complexity index is 485. The predicted octanol–water partition coefficient (Wildman–Crippen LogP) is 6.32. The Morgan fingerprint density at radius 2 is 1.56 bits per heavy atom. The molecule has 0 amide bonds. The van der Waals surface area contributed by atoms with E-state index in [9.17, 15) is 5.11 Å².